The molecule has 1 fully saturated rings. The lowest BCUT2D eigenvalue weighted by molar-refractivity contribution is -0.131. The van der Waals surface area contributed by atoms with Crippen LogP contribution in [0.1, 0.15) is 28.6 Å². The van der Waals surface area contributed by atoms with E-state index in [1.165, 1.54) is 29.3 Å². The molecule has 2 aliphatic rings. The molecule has 2 aliphatic heterocycles. The summed E-state index contributed by atoms with van der Waals surface area (Å²) < 4.78 is 23.2. The maximum atomic E-state index is 14.4. The van der Waals surface area contributed by atoms with Crippen LogP contribution in [0, 0.1) is 19.7 Å². The zero-order chi connectivity index (χ0) is 29.8. The number of benzene rings is 2. The number of halogens is 1. The van der Waals surface area contributed by atoms with Gasteiger partial charge in [0.25, 0.3) is 0 Å². The highest BCUT2D eigenvalue weighted by atomic mass is 32.1. The fourth-order valence-electron chi connectivity index (χ4n) is 6.45. The molecule has 0 spiro atoms. The number of carbonyl (C=O) groups excluding carboxylic acids is 1. The summed E-state index contributed by atoms with van der Waals surface area (Å²) in [7, 11) is 1.56. The first-order valence-electron chi connectivity index (χ1n) is 14.4. The van der Waals surface area contributed by atoms with Crippen LogP contribution in [0.4, 0.5) is 4.39 Å². The molecular weight excluding hydrogens is 561 g/mol. The van der Waals surface area contributed by atoms with E-state index in [0.29, 0.717) is 18.8 Å². The number of nitrogens with one attached hydrogen (secondary N) is 1. The van der Waals surface area contributed by atoms with Gasteiger partial charge in [0.2, 0.25) is 5.91 Å². The molecule has 7 nitrogen and oxygen atoms in total. The molecule has 0 aliphatic carbocycles. The van der Waals surface area contributed by atoms with Gasteiger partial charge >= 0.3 is 0 Å². The Morgan fingerprint density at radius 2 is 1.95 bits per heavy atom. The molecule has 5 aromatic rings. The van der Waals surface area contributed by atoms with Crippen molar-refractivity contribution in [2.75, 3.05) is 26.7 Å². The maximum absolute atomic E-state index is 14.4. The van der Waals surface area contributed by atoms with E-state index in [4.69, 9.17) is 14.8 Å². The summed E-state index contributed by atoms with van der Waals surface area (Å²) in [6, 6.07) is 13.5. The van der Waals surface area contributed by atoms with Crippen LogP contribution in [0.2, 0.25) is 0 Å². The molecule has 3 aromatic heterocycles. The van der Waals surface area contributed by atoms with E-state index < -0.39 is 0 Å². The lowest BCUT2D eigenvalue weighted by Crippen LogP contribution is -2.50. The van der Waals surface area contributed by atoms with Crippen molar-refractivity contribution in [2.24, 2.45) is 0 Å². The number of methoxy groups -OCH3 is 1. The first-order valence-corrected chi connectivity index (χ1v) is 15.3. The number of nitrogens with zero attached hydrogens (tertiary/aromatic N) is 4. The van der Waals surface area contributed by atoms with E-state index in [-0.39, 0.29) is 17.8 Å². The lowest BCUT2D eigenvalue weighted by Gasteiger charge is -2.39. The van der Waals surface area contributed by atoms with Crippen LogP contribution in [0.25, 0.3) is 43.7 Å². The predicted octanol–water partition coefficient (Wildman–Crippen LogP) is 6.47. The number of thiophene rings is 1. The average molecular weight is 594 g/mol. The zero-order valence-corrected chi connectivity index (χ0v) is 25.2. The Labute approximate surface area is 253 Å². The van der Waals surface area contributed by atoms with E-state index in [2.05, 4.69) is 48.5 Å². The topological polar surface area (TPSA) is 72.3 Å². The Hall–Kier alpha value is -4.34. The summed E-state index contributed by atoms with van der Waals surface area (Å²) >= 11 is 1.65. The normalized spacial score (nSPS) is 14.9. The van der Waals surface area contributed by atoms with Crippen LogP contribution >= 0.6 is 11.3 Å². The van der Waals surface area contributed by atoms with Gasteiger partial charge < -0.3 is 15.0 Å². The largest absolute Gasteiger partial charge is 0.496 e. The van der Waals surface area contributed by atoms with Crippen LogP contribution in [-0.2, 0) is 17.8 Å². The van der Waals surface area contributed by atoms with E-state index in [9.17, 15) is 9.18 Å². The van der Waals surface area contributed by atoms with Crippen LogP contribution < -0.4 is 10.1 Å². The number of rotatable bonds is 6. The number of aryl methyl sites for hydroxylation is 1. The summed E-state index contributed by atoms with van der Waals surface area (Å²) in [5, 5.41) is 11.6. The third-order valence-electron chi connectivity index (χ3n) is 8.66. The molecule has 2 aromatic carbocycles. The first-order chi connectivity index (χ1) is 20.9. The Morgan fingerprint density at radius 1 is 1.12 bits per heavy atom. The summed E-state index contributed by atoms with van der Waals surface area (Å²) in [5.41, 5.74) is 9.87. The first kappa shape index (κ1) is 27.5. The SMILES string of the molecule is C=CC(=O)N1CC(n2nc(C)c(-c3nc(-c4ccc5c(c4)CCNC5)c4ccsc4c3-c3ccc(F)cc3OC)c2C)C1. The second-order valence-electron chi connectivity index (χ2n) is 11.2. The van der Waals surface area contributed by atoms with E-state index in [1.807, 2.05) is 11.6 Å². The lowest BCUT2D eigenvalue weighted by atomic mass is 9.92. The number of pyridine rings is 1. The van der Waals surface area contributed by atoms with Gasteiger partial charge in [0.05, 0.1) is 30.2 Å². The van der Waals surface area contributed by atoms with Crippen molar-refractivity contribution in [2.45, 2.75) is 32.9 Å². The smallest absolute Gasteiger partial charge is 0.246 e. The van der Waals surface area contributed by atoms with Gasteiger partial charge in [-0.2, -0.15) is 5.10 Å². The van der Waals surface area contributed by atoms with Gasteiger partial charge in [0.1, 0.15) is 11.6 Å². The van der Waals surface area contributed by atoms with E-state index >= 15 is 0 Å². The molecule has 218 valence electrons. The number of hydrogen-bond acceptors (Lipinski definition) is 6. The summed E-state index contributed by atoms with van der Waals surface area (Å²) in [5.74, 6) is 0.0209. The fraction of sp³-hybridized carbons (Fsp3) is 0.265. The molecule has 0 saturated carbocycles. The predicted molar refractivity (Wildman–Crippen MR) is 169 cm³/mol. The minimum Gasteiger partial charge on any atom is -0.496 e. The Morgan fingerprint density at radius 3 is 2.74 bits per heavy atom. The van der Waals surface area contributed by atoms with Gasteiger partial charge in [-0.3, -0.25) is 9.48 Å². The highest BCUT2D eigenvalue weighted by molar-refractivity contribution is 7.18. The van der Waals surface area contributed by atoms with Crippen molar-refractivity contribution in [1.29, 1.82) is 0 Å². The van der Waals surface area contributed by atoms with Gasteiger partial charge in [-0.1, -0.05) is 18.7 Å². The van der Waals surface area contributed by atoms with Crippen molar-refractivity contribution in [1.82, 2.24) is 25.0 Å². The van der Waals surface area contributed by atoms with E-state index in [1.54, 1.807) is 29.4 Å². The molecular formula is C34H32FN5O2S. The molecule has 7 rings (SSSR count). The molecule has 0 bridgehead atoms. The Kier molecular flexibility index (Phi) is 6.86. The number of hydrogen-bond donors (Lipinski definition) is 1. The van der Waals surface area contributed by atoms with Crippen LogP contribution in [-0.4, -0.2) is 52.3 Å². The number of fused-ring (bicyclic) bond motifs is 2. The number of likely N-dealkylation sites (tertiary alicyclic amines) is 1. The number of ether oxygens (including phenoxy) is 1. The second-order valence-corrected chi connectivity index (χ2v) is 12.1. The molecule has 43 heavy (non-hydrogen) atoms. The van der Waals surface area contributed by atoms with Crippen molar-refractivity contribution in [3.05, 3.63) is 88.8 Å². The second kappa shape index (κ2) is 10.7. The molecule has 0 atom stereocenters. The number of aromatic nitrogens is 3. The molecule has 0 unspecified atom stereocenters. The molecule has 0 radical (unpaired) electrons. The van der Waals surface area contributed by atoms with Gasteiger partial charge in [-0.25, -0.2) is 9.37 Å². The van der Waals surface area contributed by atoms with Crippen LogP contribution in [0.15, 0.2) is 60.5 Å². The van der Waals surface area contributed by atoms with Gasteiger partial charge in [0.15, 0.2) is 0 Å². The molecule has 5 heterocycles. The average Bonchev–Trinajstić information content (AvgIpc) is 3.59. The highest BCUT2D eigenvalue weighted by Crippen LogP contribution is 2.47. The third-order valence-corrected chi connectivity index (χ3v) is 9.60. The van der Waals surface area contributed by atoms with Crippen molar-refractivity contribution < 1.29 is 13.9 Å². The van der Waals surface area contributed by atoms with Crippen LogP contribution in [0.5, 0.6) is 5.75 Å². The molecule has 1 saturated heterocycles. The monoisotopic (exact) mass is 593 g/mol. The van der Waals surface area contributed by atoms with E-state index in [0.717, 1.165) is 74.6 Å². The summed E-state index contributed by atoms with van der Waals surface area (Å²) in [6.07, 6.45) is 2.33. The molecule has 1 N–H and O–H groups in total. The molecule has 9 heteroatoms. The van der Waals surface area contributed by atoms with Crippen molar-refractivity contribution in [3.8, 4) is 39.4 Å². The van der Waals surface area contributed by atoms with Crippen LogP contribution in [0.3, 0.4) is 0 Å². The summed E-state index contributed by atoms with van der Waals surface area (Å²) in [4.78, 5) is 19.3. The zero-order valence-electron chi connectivity index (χ0n) is 24.4. The minimum absolute atomic E-state index is 0.0688. The van der Waals surface area contributed by atoms with Crippen molar-refractivity contribution in [3.63, 3.8) is 0 Å². The molecule has 1 amide bonds. The van der Waals surface area contributed by atoms with Gasteiger partial charge in [-0.05, 0) is 73.7 Å². The van der Waals surface area contributed by atoms with Crippen molar-refractivity contribution >= 4 is 27.3 Å². The van der Waals surface area contributed by atoms with Gasteiger partial charge in [-0.15, -0.1) is 11.3 Å². The highest BCUT2D eigenvalue weighted by Gasteiger charge is 2.34. The minimum atomic E-state index is -0.360. The summed E-state index contributed by atoms with van der Waals surface area (Å²) in [6.45, 7) is 10.7. The Bertz CT molecular complexity index is 1920. The van der Waals surface area contributed by atoms with Gasteiger partial charge in [0, 0.05) is 63.7 Å². The number of carbonyl (C=O) groups is 1. The number of amides is 1. The Balaban J connectivity index is 1.47. The fourth-order valence-corrected chi connectivity index (χ4v) is 7.41. The third kappa shape index (κ3) is 4.54. The standard InChI is InChI=1S/C34H32FN5O2S/c1-5-29(41)39-17-25(18-39)40-20(3)30(19(2)38-40)33-31(26-9-8-24(35)15-28(26)42-4)34-27(11-13-43-34)32(37-33)22-6-7-23-16-36-12-10-21(23)14-22/h5-9,11,13-15,25,36H,1,10,12,16-18H2,2-4H3. The quantitative estimate of drug-likeness (QED) is 0.229. The maximum Gasteiger partial charge on any atom is 0.246 e.